The van der Waals surface area contributed by atoms with E-state index in [1.54, 1.807) is 0 Å². The van der Waals surface area contributed by atoms with Gasteiger partial charge >= 0.3 is 35.0 Å². The normalized spacial score (nSPS) is 10.8. The first-order valence-electron chi connectivity index (χ1n) is 18.6. The van der Waals surface area contributed by atoms with Crippen molar-refractivity contribution in [2.24, 2.45) is 5.92 Å². The first-order valence-corrected chi connectivity index (χ1v) is 19.7. The molecule has 0 saturated heterocycles. The monoisotopic (exact) mass is 778 g/mol. The van der Waals surface area contributed by atoms with Crippen LogP contribution >= 0.6 is 15.9 Å². The Labute approximate surface area is 317 Å². The van der Waals surface area contributed by atoms with Crippen molar-refractivity contribution < 1.29 is 36.8 Å². The van der Waals surface area contributed by atoms with E-state index in [2.05, 4.69) is 50.0 Å². The molecule has 0 bridgehead atoms. The van der Waals surface area contributed by atoms with Gasteiger partial charge in [0, 0.05) is 18.2 Å². The predicted molar refractivity (Wildman–Crippen MR) is 199 cm³/mol. The Bertz CT molecular complexity index is 536. The maximum atomic E-state index is 10.3. The average Bonchev–Trinajstić information content (AvgIpc) is 2.99. The van der Waals surface area contributed by atoms with Crippen molar-refractivity contribution >= 4 is 50.9 Å². The largest absolute Gasteiger partial charge is 2.00 e. The minimum absolute atomic E-state index is 0. The summed E-state index contributed by atoms with van der Waals surface area (Å²) in [5.74, 6) is -0.394. The third-order valence-corrected chi connectivity index (χ3v) is 8.78. The summed E-state index contributed by atoms with van der Waals surface area (Å²) >= 11 is 3.45. The molecule has 0 spiro atoms. The van der Waals surface area contributed by atoms with E-state index in [-0.39, 0.29) is 40.0 Å². The zero-order valence-electron chi connectivity index (χ0n) is 30.5. The molecule has 0 heterocycles. The van der Waals surface area contributed by atoms with E-state index in [4.69, 9.17) is 10.2 Å². The van der Waals surface area contributed by atoms with Crippen molar-refractivity contribution in [1.29, 1.82) is 0 Å². The van der Waals surface area contributed by atoms with Crippen molar-refractivity contribution in [2.75, 3.05) is 5.33 Å². The standard InChI is InChI=1S/C19H38O2.C15H29BrO2.C4H9.BrH.Mg/c1-3-18(2)16-14-12-10-8-6-4-5-7-9-11-13-15-17-19(20)21;16-14-12-10-8-6-4-2-1-3-5-7-9-11-13-15(17)18;1-3-4-2;;/h18H,3-17H2,1-2H3,(H,20,21);1-14H2,(H,17,18);3H,4H2,1-2H3;1H;/q;;-1;;+2/p-1. The van der Waals surface area contributed by atoms with Gasteiger partial charge in [0.25, 0.3) is 0 Å². The Morgan fingerprint density at radius 1 is 0.556 bits per heavy atom. The summed E-state index contributed by atoms with van der Waals surface area (Å²) in [5, 5.41) is 18.2. The van der Waals surface area contributed by atoms with Crippen LogP contribution in [0.4, 0.5) is 0 Å². The van der Waals surface area contributed by atoms with E-state index < -0.39 is 11.9 Å². The van der Waals surface area contributed by atoms with Crippen LogP contribution < -0.4 is 17.0 Å². The van der Waals surface area contributed by atoms with Gasteiger partial charge in [-0.05, 0) is 25.2 Å². The molecule has 4 nitrogen and oxygen atoms in total. The summed E-state index contributed by atoms with van der Waals surface area (Å²) < 4.78 is 0. The zero-order chi connectivity index (χ0) is 32.7. The minimum Gasteiger partial charge on any atom is -1.00 e. The maximum absolute atomic E-state index is 10.3. The second-order valence-corrected chi connectivity index (χ2v) is 13.4. The average molecular weight is 781 g/mol. The van der Waals surface area contributed by atoms with Gasteiger partial charge in [0.15, 0.2) is 0 Å². The Kier molecular flexibility index (Phi) is 63.0. The maximum Gasteiger partial charge on any atom is 2.00 e. The number of rotatable bonds is 31. The molecule has 0 radical (unpaired) electrons. The van der Waals surface area contributed by atoms with Crippen LogP contribution in [0.5, 0.6) is 0 Å². The number of hydrogen-bond acceptors (Lipinski definition) is 2. The number of carboxylic acid groups (broad SMARTS) is 2. The van der Waals surface area contributed by atoms with Crippen molar-refractivity contribution in [1.82, 2.24) is 0 Å². The summed E-state index contributed by atoms with van der Waals surface area (Å²) in [6.45, 7) is 8.83. The molecule has 268 valence electrons. The number of hydrogen-bond donors (Lipinski definition) is 2. The van der Waals surface area contributed by atoms with Crippen molar-refractivity contribution in [3.8, 4) is 0 Å². The van der Waals surface area contributed by atoms with Gasteiger partial charge in [-0.25, -0.2) is 0 Å². The first kappa shape index (κ1) is 55.1. The molecule has 0 saturated carbocycles. The molecule has 1 atom stereocenters. The topological polar surface area (TPSA) is 74.6 Å². The van der Waals surface area contributed by atoms with Crippen LogP contribution in [-0.2, 0) is 9.59 Å². The second-order valence-electron chi connectivity index (χ2n) is 12.6. The van der Waals surface area contributed by atoms with E-state index in [0.717, 1.165) is 36.9 Å². The number of unbranched alkanes of at least 4 members (excludes halogenated alkanes) is 23. The van der Waals surface area contributed by atoms with Crippen molar-refractivity contribution in [3.05, 3.63) is 6.42 Å². The third-order valence-electron chi connectivity index (χ3n) is 8.22. The van der Waals surface area contributed by atoms with Crippen LogP contribution in [-0.4, -0.2) is 50.5 Å². The number of carboxylic acids is 2. The molecule has 0 aromatic heterocycles. The second kappa shape index (κ2) is 51.5. The molecule has 0 aliphatic rings. The molecule has 2 N–H and O–H groups in total. The van der Waals surface area contributed by atoms with Crippen LogP contribution in [0.25, 0.3) is 0 Å². The van der Waals surface area contributed by atoms with Gasteiger partial charge in [-0.15, -0.1) is 0 Å². The fourth-order valence-electron chi connectivity index (χ4n) is 4.88. The molecular weight excluding hydrogens is 705 g/mol. The summed E-state index contributed by atoms with van der Waals surface area (Å²) in [6.07, 6.45) is 37.7. The molecule has 0 aromatic rings. The van der Waals surface area contributed by atoms with Gasteiger partial charge in [0.1, 0.15) is 0 Å². The van der Waals surface area contributed by atoms with Crippen LogP contribution in [0.2, 0.25) is 0 Å². The van der Waals surface area contributed by atoms with Crippen LogP contribution in [0.3, 0.4) is 0 Å². The summed E-state index contributed by atoms with van der Waals surface area (Å²) in [5.41, 5.74) is 0. The molecule has 0 rings (SSSR count). The van der Waals surface area contributed by atoms with Gasteiger partial charge in [0.2, 0.25) is 0 Å². The third kappa shape index (κ3) is 63.9. The van der Waals surface area contributed by atoms with Gasteiger partial charge < -0.3 is 33.6 Å². The van der Waals surface area contributed by atoms with Gasteiger partial charge in [0.05, 0.1) is 0 Å². The van der Waals surface area contributed by atoms with Gasteiger partial charge in [-0.3, -0.25) is 9.59 Å². The molecule has 7 heteroatoms. The van der Waals surface area contributed by atoms with E-state index in [9.17, 15) is 9.59 Å². The summed E-state index contributed by atoms with van der Waals surface area (Å²) in [6, 6.07) is 0. The van der Waals surface area contributed by atoms with Gasteiger partial charge in [-0.1, -0.05) is 184 Å². The van der Waals surface area contributed by atoms with E-state index in [0.29, 0.717) is 12.8 Å². The van der Waals surface area contributed by atoms with Crippen LogP contribution in [0.15, 0.2) is 0 Å². The van der Waals surface area contributed by atoms with E-state index in [1.165, 1.54) is 148 Å². The Morgan fingerprint density at radius 3 is 1.02 bits per heavy atom. The van der Waals surface area contributed by atoms with E-state index in [1.807, 2.05) is 0 Å². The summed E-state index contributed by atoms with van der Waals surface area (Å²) in [4.78, 5) is 20.6. The molecule has 0 fully saturated rings. The smallest absolute Gasteiger partial charge is 1.00 e. The van der Waals surface area contributed by atoms with E-state index >= 15 is 0 Å². The Balaban J connectivity index is -0.000000205. The Morgan fingerprint density at radius 2 is 0.800 bits per heavy atom. The fraction of sp³-hybridized carbons (Fsp3) is 0.921. The SMILES string of the molecule is CCC(C)CCCCCCCCCCCCCCC(=O)O.C[CH-]CC.O=C(O)CCCCCCCCCCCCCCBr.[Br-].[Mg+2]. The number of aliphatic carboxylic acids is 2. The van der Waals surface area contributed by atoms with Crippen LogP contribution in [0.1, 0.15) is 214 Å². The van der Waals surface area contributed by atoms with Crippen LogP contribution in [0, 0.1) is 12.3 Å². The van der Waals surface area contributed by atoms with Crippen molar-refractivity contribution in [2.45, 2.75) is 214 Å². The molecule has 45 heavy (non-hydrogen) atoms. The molecule has 0 aliphatic heterocycles. The molecular formula is C38H76Br2MgO4. The number of alkyl halides is 1. The predicted octanol–water partition coefficient (Wildman–Crippen LogP) is 10.4. The quantitative estimate of drug-likeness (QED) is 0.0318. The fourth-order valence-corrected chi connectivity index (χ4v) is 5.28. The van der Waals surface area contributed by atoms with Gasteiger partial charge in [-0.2, -0.15) is 13.3 Å². The first-order chi connectivity index (χ1) is 20.8. The Hall–Kier alpha value is 0.666. The summed E-state index contributed by atoms with van der Waals surface area (Å²) in [7, 11) is 0. The zero-order valence-corrected chi connectivity index (χ0v) is 35.1. The number of halogens is 2. The van der Waals surface area contributed by atoms with Crippen molar-refractivity contribution in [3.63, 3.8) is 0 Å². The number of carbonyl (C=O) groups is 2. The molecule has 0 amide bonds. The molecule has 0 aliphatic carbocycles. The minimum atomic E-state index is -0.657. The molecule has 0 aromatic carbocycles. The molecule has 1 unspecified atom stereocenters.